The summed E-state index contributed by atoms with van der Waals surface area (Å²) in [6.45, 7) is 2.28. The number of nitrogens with one attached hydrogen (secondary N) is 3. The first-order chi connectivity index (χ1) is 8.74. The van der Waals surface area contributed by atoms with Crippen LogP contribution in [-0.4, -0.2) is 25.0 Å². The highest BCUT2D eigenvalue weighted by molar-refractivity contribution is 6.22. The zero-order valence-electron chi connectivity index (χ0n) is 10.0. The predicted molar refractivity (Wildman–Crippen MR) is 71.8 cm³/mol. The van der Waals surface area contributed by atoms with Gasteiger partial charge in [0.1, 0.15) is 0 Å². The van der Waals surface area contributed by atoms with Crippen LogP contribution in [0.2, 0.25) is 0 Å². The first kappa shape index (κ1) is 11.8. The third-order valence-electron chi connectivity index (χ3n) is 3.53. The second kappa shape index (κ2) is 4.78. The molecule has 0 aromatic heterocycles. The van der Waals surface area contributed by atoms with Crippen LogP contribution >= 0.6 is 11.6 Å². The lowest BCUT2D eigenvalue weighted by Gasteiger charge is -2.26. The fourth-order valence-electron chi connectivity index (χ4n) is 2.28. The molecule has 0 spiro atoms. The van der Waals surface area contributed by atoms with Crippen molar-refractivity contribution in [3.8, 4) is 0 Å². The molecule has 4 nitrogen and oxygen atoms in total. The van der Waals surface area contributed by atoms with Gasteiger partial charge in [-0.2, -0.15) is 0 Å². The van der Waals surface area contributed by atoms with Gasteiger partial charge in [0.25, 0.3) is 0 Å². The van der Waals surface area contributed by atoms with Crippen molar-refractivity contribution in [3.05, 3.63) is 29.3 Å². The summed E-state index contributed by atoms with van der Waals surface area (Å²) in [4.78, 5) is 11.7. The summed E-state index contributed by atoms with van der Waals surface area (Å²) in [7, 11) is 0. The van der Waals surface area contributed by atoms with Crippen molar-refractivity contribution in [2.24, 2.45) is 0 Å². The molecule has 2 aliphatic heterocycles. The molecule has 2 atom stereocenters. The van der Waals surface area contributed by atoms with Gasteiger partial charge in [-0.1, -0.05) is 12.1 Å². The molecule has 2 heterocycles. The Morgan fingerprint density at radius 1 is 1.50 bits per heavy atom. The SMILES string of the molecule is O=C(NCc1ccc2c(c1)C(Cl)CN2)[C@@H]1CCN1. The summed E-state index contributed by atoms with van der Waals surface area (Å²) in [5, 5.41) is 9.31. The maximum Gasteiger partial charge on any atom is 0.237 e. The highest BCUT2D eigenvalue weighted by Gasteiger charge is 2.24. The third-order valence-corrected chi connectivity index (χ3v) is 3.92. The smallest absolute Gasteiger partial charge is 0.237 e. The van der Waals surface area contributed by atoms with E-state index in [1.54, 1.807) is 0 Å². The fraction of sp³-hybridized carbons (Fsp3) is 0.462. The number of benzene rings is 1. The lowest BCUT2D eigenvalue weighted by Crippen LogP contribution is -2.52. The summed E-state index contributed by atoms with van der Waals surface area (Å²) in [6.07, 6.45) is 0.934. The highest BCUT2D eigenvalue weighted by atomic mass is 35.5. The summed E-state index contributed by atoms with van der Waals surface area (Å²) in [5.74, 6) is 0.0855. The maximum absolute atomic E-state index is 11.7. The summed E-state index contributed by atoms with van der Waals surface area (Å²) >= 11 is 6.20. The molecule has 5 heteroatoms. The lowest BCUT2D eigenvalue weighted by atomic mass is 10.1. The van der Waals surface area contributed by atoms with Crippen molar-refractivity contribution in [1.82, 2.24) is 10.6 Å². The van der Waals surface area contributed by atoms with Crippen LogP contribution in [0.5, 0.6) is 0 Å². The van der Waals surface area contributed by atoms with Crippen molar-refractivity contribution in [3.63, 3.8) is 0 Å². The van der Waals surface area contributed by atoms with E-state index in [1.165, 1.54) is 0 Å². The van der Waals surface area contributed by atoms with Crippen LogP contribution in [0, 0.1) is 0 Å². The average molecular weight is 266 g/mol. The largest absolute Gasteiger partial charge is 0.383 e. The fourth-order valence-corrected chi connectivity index (χ4v) is 2.53. The number of anilines is 1. The van der Waals surface area contributed by atoms with Gasteiger partial charge in [-0.3, -0.25) is 4.79 Å². The molecule has 1 aromatic carbocycles. The number of halogens is 1. The molecule has 1 aromatic rings. The van der Waals surface area contributed by atoms with Gasteiger partial charge in [0.2, 0.25) is 5.91 Å². The first-order valence-corrected chi connectivity index (χ1v) is 6.69. The highest BCUT2D eigenvalue weighted by Crippen LogP contribution is 2.34. The number of fused-ring (bicyclic) bond motifs is 1. The van der Waals surface area contributed by atoms with Gasteiger partial charge in [0.05, 0.1) is 11.4 Å². The van der Waals surface area contributed by atoms with Crippen LogP contribution in [0.25, 0.3) is 0 Å². The van der Waals surface area contributed by atoms with Crippen LogP contribution in [0.15, 0.2) is 18.2 Å². The first-order valence-electron chi connectivity index (χ1n) is 6.26. The van der Waals surface area contributed by atoms with Gasteiger partial charge in [0, 0.05) is 18.8 Å². The zero-order chi connectivity index (χ0) is 12.5. The molecule has 96 valence electrons. The lowest BCUT2D eigenvalue weighted by molar-refractivity contribution is -0.124. The van der Waals surface area contributed by atoms with Crippen molar-refractivity contribution in [2.45, 2.75) is 24.4 Å². The molecule has 0 saturated carbocycles. The van der Waals surface area contributed by atoms with Crippen molar-refractivity contribution < 1.29 is 4.79 Å². The van der Waals surface area contributed by atoms with Crippen LogP contribution in [0.4, 0.5) is 5.69 Å². The molecule has 1 unspecified atom stereocenters. The molecule has 2 aliphatic rings. The van der Waals surface area contributed by atoms with Gasteiger partial charge in [-0.05, 0) is 30.2 Å². The number of rotatable bonds is 3. The second-order valence-electron chi connectivity index (χ2n) is 4.78. The Hall–Kier alpha value is -1.26. The van der Waals surface area contributed by atoms with E-state index < -0.39 is 0 Å². The van der Waals surface area contributed by atoms with Crippen LogP contribution in [0.1, 0.15) is 22.9 Å². The van der Waals surface area contributed by atoms with Crippen LogP contribution < -0.4 is 16.0 Å². The monoisotopic (exact) mass is 265 g/mol. The summed E-state index contributed by atoms with van der Waals surface area (Å²) in [5.41, 5.74) is 3.33. The Morgan fingerprint density at radius 3 is 3.06 bits per heavy atom. The number of amides is 1. The molecule has 0 aliphatic carbocycles. The van der Waals surface area contributed by atoms with Gasteiger partial charge < -0.3 is 16.0 Å². The Morgan fingerprint density at radius 2 is 2.33 bits per heavy atom. The molecule has 18 heavy (non-hydrogen) atoms. The normalized spacial score (nSPS) is 24.9. The minimum absolute atomic E-state index is 0.00173. The maximum atomic E-state index is 11.7. The van der Waals surface area contributed by atoms with Gasteiger partial charge in [-0.25, -0.2) is 0 Å². The average Bonchev–Trinajstić information content (AvgIpc) is 2.66. The van der Waals surface area contributed by atoms with E-state index in [4.69, 9.17) is 11.6 Å². The van der Waals surface area contributed by atoms with Crippen molar-refractivity contribution >= 4 is 23.2 Å². The van der Waals surface area contributed by atoms with E-state index in [2.05, 4.69) is 22.0 Å². The van der Waals surface area contributed by atoms with E-state index in [-0.39, 0.29) is 17.3 Å². The number of alkyl halides is 1. The second-order valence-corrected chi connectivity index (χ2v) is 5.31. The zero-order valence-corrected chi connectivity index (χ0v) is 10.8. The molecule has 3 N–H and O–H groups in total. The topological polar surface area (TPSA) is 53.2 Å². The molecular formula is C13H16ClN3O. The Balaban J connectivity index is 1.63. The van der Waals surface area contributed by atoms with E-state index in [0.29, 0.717) is 6.54 Å². The molecule has 0 radical (unpaired) electrons. The van der Waals surface area contributed by atoms with E-state index in [0.717, 1.165) is 36.3 Å². The van der Waals surface area contributed by atoms with Crippen molar-refractivity contribution in [1.29, 1.82) is 0 Å². The quantitative estimate of drug-likeness (QED) is 0.724. The standard InChI is InChI=1S/C13H16ClN3O/c14-10-7-16-11-2-1-8(5-9(10)11)6-17-13(18)12-3-4-15-12/h1-2,5,10,12,15-16H,3-4,6-7H2,(H,17,18)/t10?,12-/m0/s1. The van der Waals surface area contributed by atoms with Gasteiger partial charge in [-0.15, -0.1) is 11.6 Å². The molecule has 3 rings (SSSR count). The van der Waals surface area contributed by atoms with Gasteiger partial charge >= 0.3 is 0 Å². The van der Waals surface area contributed by atoms with E-state index in [1.807, 2.05) is 12.1 Å². The van der Waals surface area contributed by atoms with E-state index in [9.17, 15) is 4.79 Å². The van der Waals surface area contributed by atoms with E-state index >= 15 is 0 Å². The molecule has 1 saturated heterocycles. The minimum Gasteiger partial charge on any atom is -0.383 e. The van der Waals surface area contributed by atoms with Crippen LogP contribution in [0.3, 0.4) is 0 Å². The number of carbonyl (C=O) groups is 1. The molecule has 0 bridgehead atoms. The number of hydrogen-bond donors (Lipinski definition) is 3. The Bertz CT molecular complexity index is 473. The minimum atomic E-state index is 0.00173. The van der Waals surface area contributed by atoms with Crippen LogP contribution in [-0.2, 0) is 11.3 Å². The molecular weight excluding hydrogens is 250 g/mol. The van der Waals surface area contributed by atoms with Crippen molar-refractivity contribution in [2.75, 3.05) is 18.4 Å². The number of carbonyl (C=O) groups excluding carboxylic acids is 1. The Labute approximate surface area is 111 Å². The third kappa shape index (κ3) is 2.18. The summed E-state index contributed by atoms with van der Waals surface area (Å²) < 4.78 is 0. The predicted octanol–water partition coefficient (Wildman–Crippen LogP) is 1.37. The molecule has 1 fully saturated rings. The summed E-state index contributed by atoms with van der Waals surface area (Å²) in [6, 6.07) is 6.12. The Kier molecular flexibility index (Phi) is 3.14. The molecule has 1 amide bonds. The number of hydrogen-bond acceptors (Lipinski definition) is 3. The van der Waals surface area contributed by atoms with Gasteiger partial charge in [0.15, 0.2) is 0 Å².